The van der Waals surface area contributed by atoms with Crippen molar-refractivity contribution in [1.29, 1.82) is 0 Å². The highest BCUT2D eigenvalue weighted by atomic mass is 32.2. The molecule has 4 N–H and O–H groups in total. The molecule has 7 nitrogen and oxygen atoms in total. The van der Waals surface area contributed by atoms with Crippen LogP contribution in [0.3, 0.4) is 0 Å². The highest BCUT2D eigenvalue weighted by Gasteiger charge is 2.23. The third-order valence-corrected chi connectivity index (χ3v) is 7.09. The summed E-state index contributed by atoms with van der Waals surface area (Å²) in [6.07, 6.45) is 1.03. The molecule has 0 amide bonds. The molecule has 3 rings (SSSR count). The molecule has 1 aromatic carbocycles. The maximum absolute atomic E-state index is 11.4. The summed E-state index contributed by atoms with van der Waals surface area (Å²) in [5.74, 6) is 0.740. The summed E-state index contributed by atoms with van der Waals surface area (Å²) in [5.41, 5.74) is 2.50. The summed E-state index contributed by atoms with van der Waals surface area (Å²) in [6.45, 7) is 7.20. The van der Waals surface area contributed by atoms with Crippen molar-refractivity contribution in [3.63, 3.8) is 0 Å². The van der Waals surface area contributed by atoms with Gasteiger partial charge in [-0.2, -0.15) is 0 Å². The molecule has 1 unspecified atom stereocenters. The number of aliphatic imine (C=N–C) groups is 1. The van der Waals surface area contributed by atoms with Crippen LogP contribution in [0.4, 0.5) is 5.69 Å². The number of guanidine groups is 1. The van der Waals surface area contributed by atoms with E-state index in [1.807, 2.05) is 6.92 Å². The van der Waals surface area contributed by atoms with Crippen molar-refractivity contribution in [3.05, 3.63) is 46.8 Å². The lowest BCUT2D eigenvalue weighted by Gasteiger charge is -2.20. The number of nitrogens with zero attached hydrogens (tertiary/aromatic N) is 2. The van der Waals surface area contributed by atoms with E-state index in [1.54, 1.807) is 6.07 Å². The fourth-order valence-electron chi connectivity index (χ4n) is 3.13. The lowest BCUT2D eigenvalue weighted by atomic mass is 10.2. The average Bonchev–Trinajstić information content (AvgIpc) is 3.30. The molecule has 9 heteroatoms. The molecule has 1 aromatic heterocycles. The summed E-state index contributed by atoms with van der Waals surface area (Å²) in [6, 6.07) is 12.2. The number of sulfonamides is 1. The second kappa shape index (κ2) is 8.93. The predicted molar refractivity (Wildman–Crippen MR) is 115 cm³/mol. The summed E-state index contributed by atoms with van der Waals surface area (Å²) < 4.78 is 23.0. The standard InChI is InChI=1S/C19H27N5O2S2/c1-3-21-19(22-12-17-8-9-18(27-17)28(20,25)26)23-15-10-11-24(13-15)16-6-4-14(2)5-7-16/h4-9,15H,3,10-13H2,1-2H3,(H2,20,25,26)(H2,21,22,23). The van der Waals surface area contributed by atoms with Crippen molar-refractivity contribution < 1.29 is 8.42 Å². The Morgan fingerprint density at radius 3 is 2.68 bits per heavy atom. The van der Waals surface area contributed by atoms with E-state index >= 15 is 0 Å². The van der Waals surface area contributed by atoms with E-state index in [0.29, 0.717) is 12.6 Å². The smallest absolute Gasteiger partial charge is 0.247 e. The van der Waals surface area contributed by atoms with Crippen LogP contribution in [-0.4, -0.2) is 40.1 Å². The summed E-state index contributed by atoms with van der Waals surface area (Å²) in [7, 11) is -3.65. The maximum atomic E-state index is 11.4. The molecule has 1 fully saturated rings. The van der Waals surface area contributed by atoms with Gasteiger partial charge in [-0.05, 0) is 44.5 Å². The Morgan fingerprint density at radius 2 is 2.04 bits per heavy atom. The first-order valence-corrected chi connectivity index (χ1v) is 11.7. The van der Waals surface area contributed by atoms with Gasteiger partial charge >= 0.3 is 0 Å². The van der Waals surface area contributed by atoms with Crippen molar-refractivity contribution in [1.82, 2.24) is 10.6 Å². The van der Waals surface area contributed by atoms with Crippen molar-refractivity contribution in [3.8, 4) is 0 Å². The minimum Gasteiger partial charge on any atom is -0.369 e. The highest BCUT2D eigenvalue weighted by Crippen LogP contribution is 2.22. The van der Waals surface area contributed by atoms with E-state index in [0.717, 1.165) is 48.2 Å². The summed E-state index contributed by atoms with van der Waals surface area (Å²) in [5, 5.41) is 11.9. The number of nitrogens with two attached hydrogens (primary N) is 1. The zero-order chi connectivity index (χ0) is 20.1. The van der Waals surface area contributed by atoms with Crippen LogP contribution in [-0.2, 0) is 16.6 Å². The summed E-state index contributed by atoms with van der Waals surface area (Å²) >= 11 is 1.16. The first-order chi connectivity index (χ1) is 13.3. The Kier molecular flexibility index (Phi) is 6.58. The Labute approximate surface area is 170 Å². The number of thiophene rings is 1. The van der Waals surface area contributed by atoms with Crippen LogP contribution in [0.25, 0.3) is 0 Å². The van der Waals surface area contributed by atoms with Crippen LogP contribution < -0.4 is 20.7 Å². The molecule has 2 heterocycles. The van der Waals surface area contributed by atoms with E-state index in [1.165, 1.54) is 17.3 Å². The second-order valence-electron chi connectivity index (χ2n) is 6.87. The molecule has 0 saturated carbocycles. The van der Waals surface area contributed by atoms with Crippen molar-refractivity contribution >= 4 is 33.0 Å². The Morgan fingerprint density at radius 1 is 1.29 bits per heavy atom. The van der Waals surface area contributed by atoms with Gasteiger partial charge in [0.15, 0.2) is 5.96 Å². The van der Waals surface area contributed by atoms with Crippen LogP contribution in [0.2, 0.25) is 0 Å². The van der Waals surface area contributed by atoms with Gasteiger partial charge in [0.25, 0.3) is 0 Å². The number of nitrogens with one attached hydrogen (secondary N) is 2. The van der Waals surface area contributed by atoms with Crippen LogP contribution in [0.1, 0.15) is 23.8 Å². The zero-order valence-corrected chi connectivity index (χ0v) is 17.8. The average molecular weight is 422 g/mol. The van der Waals surface area contributed by atoms with Gasteiger partial charge in [-0.15, -0.1) is 11.3 Å². The minimum absolute atomic E-state index is 0.167. The molecule has 28 heavy (non-hydrogen) atoms. The SMILES string of the molecule is CCNC(=NCc1ccc(S(N)(=O)=O)s1)NC1CCN(c2ccc(C)cc2)C1. The number of primary sulfonamides is 1. The normalized spacial score (nSPS) is 17.8. The minimum atomic E-state index is -3.65. The first kappa shape index (κ1) is 20.6. The molecule has 0 spiro atoms. The monoisotopic (exact) mass is 421 g/mol. The number of hydrogen-bond donors (Lipinski definition) is 3. The molecule has 0 aliphatic carbocycles. The molecule has 0 radical (unpaired) electrons. The largest absolute Gasteiger partial charge is 0.369 e. The lowest BCUT2D eigenvalue weighted by molar-refractivity contribution is 0.600. The van der Waals surface area contributed by atoms with Gasteiger partial charge in [0.2, 0.25) is 10.0 Å². The van der Waals surface area contributed by atoms with Gasteiger partial charge in [0.1, 0.15) is 4.21 Å². The van der Waals surface area contributed by atoms with Gasteiger partial charge in [-0.1, -0.05) is 17.7 Å². The lowest BCUT2D eigenvalue weighted by Crippen LogP contribution is -2.44. The molecular weight excluding hydrogens is 394 g/mol. The van der Waals surface area contributed by atoms with Crippen molar-refractivity contribution in [2.75, 3.05) is 24.5 Å². The third-order valence-electron chi connectivity index (χ3n) is 4.58. The third kappa shape index (κ3) is 5.46. The van der Waals surface area contributed by atoms with Crippen LogP contribution in [0, 0.1) is 6.92 Å². The fourth-order valence-corrected chi connectivity index (χ4v) is 4.84. The van der Waals surface area contributed by atoms with E-state index in [9.17, 15) is 8.42 Å². The van der Waals surface area contributed by atoms with Crippen LogP contribution in [0.5, 0.6) is 0 Å². The van der Waals surface area contributed by atoms with Crippen LogP contribution in [0.15, 0.2) is 45.6 Å². The number of benzene rings is 1. The zero-order valence-electron chi connectivity index (χ0n) is 16.2. The van der Waals surface area contributed by atoms with Crippen LogP contribution >= 0.6 is 11.3 Å². The molecule has 0 bridgehead atoms. The molecule has 152 valence electrons. The first-order valence-electron chi connectivity index (χ1n) is 9.33. The molecule has 1 atom stereocenters. The van der Waals surface area contributed by atoms with Gasteiger partial charge in [0, 0.05) is 36.2 Å². The topological polar surface area (TPSA) is 99.8 Å². The van der Waals surface area contributed by atoms with Gasteiger partial charge in [-0.3, -0.25) is 0 Å². The second-order valence-corrected chi connectivity index (χ2v) is 9.83. The Balaban J connectivity index is 1.60. The van der Waals surface area contributed by atoms with Gasteiger partial charge < -0.3 is 15.5 Å². The van der Waals surface area contributed by atoms with E-state index < -0.39 is 10.0 Å². The molecule has 2 aromatic rings. The number of hydrogen-bond acceptors (Lipinski definition) is 5. The quantitative estimate of drug-likeness (QED) is 0.490. The van der Waals surface area contributed by atoms with Gasteiger partial charge in [-0.25, -0.2) is 18.5 Å². The number of anilines is 1. The molecule has 1 aliphatic rings. The fraction of sp³-hybridized carbons (Fsp3) is 0.421. The molecular formula is C19H27N5O2S2. The predicted octanol–water partition coefficient (Wildman–Crippen LogP) is 2.04. The maximum Gasteiger partial charge on any atom is 0.247 e. The van der Waals surface area contributed by atoms with Gasteiger partial charge in [0.05, 0.1) is 6.54 Å². The van der Waals surface area contributed by atoms with E-state index in [-0.39, 0.29) is 4.21 Å². The van der Waals surface area contributed by atoms with E-state index in [2.05, 4.69) is 51.7 Å². The van der Waals surface area contributed by atoms with Crippen molar-refractivity contribution in [2.24, 2.45) is 10.1 Å². The number of rotatable bonds is 6. The summed E-state index contributed by atoms with van der Waals surface area (Å²) in [4.78, 5) is 7.83. The van der Waals surface area contributed by atoms with E-state index in [4.69, 9.17) is 5.14 Å². The Bertz CT molecular complexity index is 922. The highest BCUT2D eigenvalue weighted by molar-refractivity contribution is 7.91. The Hall–Kier alpha value is -2.10. The molecule has 1 saturated heterocycles. The number of aryl methyl sites for hydroxylation is 1. The molecule has 1 aliphatic heterocycles. The van der Waals surface area contributed by atoms with Crippen molar-refractivity contribution in [2.45, 2.75) is 37.1 Å².